The van der Waals surface area contributed by atoms with E-state index in [0.29, 0.717) is 5.56 Å². The highest BCUT2D eigenvalue weighted by Crippen LogP contribution is 2.10. The van der Waals surface area contributed by atoms with Crippen LogP contribution in [-0.4, -0.2) is 31.3 Å². The predicted octanol–water partition coefficient (Wildman–Crippen LogP) is 1.70. The maximum Gasteiger partial charge on any atom is 0.306 e. The highest BCUT2D eigenvalue weighted by Gasteiger charge is 2.10. The summed E-state index contributed by atoms with van der Waals surface area (Å²) in [6.07, 6.45) is 0.0229. The zero-order valence-electron chi connectivity index (χ0n) is 10.4. The smallest absolute Gasteiger partial charge is 0.306 e. The van der Waals surface area contributed by atoms with Crippen LogP contribution in [0, 0.1) is 0 Å². The number of hydrogen-bond acceptors (Lipinski definition) is 4. The number of esters is 1. The van der Waals surface area contributed by atoms with Crippen LogP contribution < -0.4 is 5.32 Å². The van der Waals surface area contributed by atoms with Crippen molar-refractivity contribution in [2.45, 2.75) is 12.8 Å². The van der Waals surface area contributed by atoms with E-state index in [1.807, 2.05) is 0 Å². The van der Waals surface area contributed by atoms with Crippen molar-refractivity contribution >= 4 is 33.6 Å². The number of amides is 1. The third-order valence-electron chi connectivity index (χ3n) is 2.40. The van der Waals surface area contributed by atoms with Gasteiger partial charge in [0.1, 0.15) is 0 Å². The summed E-state index contributed by atoms with van der Waals surface area (Å²) in [6, 6.07) is 6.86. The molecule has 0 saturated carbocycles. The summed E-state index contributed by atoms with van der Waals surface area (Å²) in [5.74, 6) is -0.982. The SMILES string of the molecule is COC(=O)CCC(=O)NCC(=O)c1ccc(Br)cc1. The van der Waals surface area contributed by atoms with E-state index in [1.54, 1.807) is 24.3 Å². The van der Waals surface area contributed by atoms with Gasteiger partial charge in [0.25, 0.3) is 0 Å². The van der Waals surface area contributed by atoms with Gasteiger partial charge >= 0.3 is 5.97 Å². The molecule has 0 aliphatic carbocycles. The number of methoxy groups -OCH3 is 1. The van der Waals surface area contributed by atoms with Crippen LogP contribution in [0.25, 0.3) is 0 Å². The molecule has 0 spiro atoms. The number of Topliss-reactive ketones (excluding diaryl/α,β-unsaturated/α-hetero) is 1. The lowest BCUT2D eigenvalue weighted by molar-refractivity contribution is -0.142. The second kappa shape index (κ2) is 7.68. The van der Waals surface area contributed by atoms with E-state index in [4.69, 9.17) is 0 Å². The van der Waals surface area contributed by atoms with E-state index in [1.165, 1.54) is 7.11 Å². The lowest BCUT2D eigenvalue weighted by Crippen LogP contribution is -2.29. The number of carbonyl (C=O) groups is 3. The number of halogens is 1. The van der Waals surface area contributed by atoms with Gasteiger partial charge in [-0.05, 0) is 12.1 Å². The van der Waals surface area contributed by atoms with Gasteiger partial charge in [0.05, 0.1) is 20.1 Å². The Labute approximate surface area is 119 Å². The molecule has 0 aliphatic heterocycles. The Balaban J connectivity index is 2.36. The highest BCUT2D eigenvalue weighted by molar-refractivity contribution is 9.10. The van der Waals surface area contributed by atoms with Crippen molar-refractivity contribution in [3.63, 3.8) is 0 Å². The normalized spacial score (nSPS) is 9.79. The largest absolute Gasteiger partial charge is 0.469 e. The lowest BCUT2D eigenvalue weighted by atomic mass is 10.1. The molecule has 0 unspecified atom stereocenters. The summed E-state index contributed by atoms with van der Waals surface area (Å²) in [4.78, 5) is 33.9. The molecule has 1 amide bonds. The Kier molecular flexibility index (Phi) is 6.21. The molecule has 0 heterocycles. The first kappa shape index (κ1) is 15.4. The van der Waals surface area contributed by atoms with Crippen molar-refractivity contribution in [1.29, 1.82) is 0 Å². The molecular weight excluding hydrogens is 314 g/mol. The third kappa shape index (κ3) is 5.65. The maximum atomic E-state index is 11.7. The Bertz CT molecular complexity index is 470. The Hall–Kier alpha value is -1.69. The van der Waals surface area contributed by atoms with Crippen molar-refractivity contribution < 1.29 is 19.1 Å². The Morgan fingerprint density at radius 3 is 2.37 bits per heavy atom. The van der Waals surface area contributed by atoms with Crippen LogP contribution >= 0.6 is 15.9 Å². The molecule has 0 aliphatic rings. The Morgan fingerprint density at radius 2 is 1.79 bits per heavy atom. The molecule has 0 radical (unpaired) electrons. The molecule has 0 saturated heterocycles. The summed E-state index contributed by atoms with van der Waals surface area (Å²) in [6.45, 7) is -0.0817. The van der Waals surface area contributed by atoms with Crippen LogP contribution in [0.2, 0.25) is 0 Å². The first-order valence-electron chi connectivity index (χ1n) is 5.65. The number of ketones is 1. The van der Waals surface area contributed by atoms with Gasteiger partial charge in [-0.25, -0.2) is 0 Å². The second-order valence-electron chi connectivity index (χ2n) is 3.78. The van der Waals surface area contributed by atoms with Crippen LogP contribution in [-0.2, 0) is 14.3 Å². The molecule has 1 rings (SSSR count). The number of ether oxygens (including phenoxy) is 1. The number of carbonyl (C=O) groups excluding carboxylic acids is 3. The fourth-order valence-electron chi connectivity index (χ4n) is 1.32. The van der Waals surface area contributed by atoms with Gasteiger partial charge in [-0.3, -0.25) is 14.4 Å². The van der Waals surface area contributed by atoms with Crippen molar-refractivity contribution in [3.8, 4) is 0 Å². The van der Waals surface area contributed by atoms with Gasteiger partial charge in [0.2, 0.25) is 5.91 Å². The number of rotatable bonds is 6. The lowest BCUT2D eigenvalue weighted by Gasteiger charge is -2.04. The molecule has 102 valence electrons. The fraction of sp³-hybridized carbons (Fsp3) is 0.308. The average Bonchev–Trinajstić information content (AvgIpc) is 2.42. The topological polar surface area (TPSA) is 72.5 Å². The van der Waals surface area contributed by atoms with Gasteiger partial charge in [-0.1, -0.05) is 28.1 Å². The van der Waals surface area contributed by atoms with Crippen LogP contribution in [0.4, 0.5) is 0 Å². The maximum absolute atomic E-state index is 11.7. The van der Waals surface area contributed by atoms with E-state index in [0.717, 1.165) is 4.47 Å². The summed E-state index contributed by atoms with van der Waals surface area (Å²) < 4.78 is 5.30. The van der Waals surface area contributed by atoms with E-state index in [-0.39, 0.29) is 31.1 Å². The molecule has 0 bridgehead atoms. The molecule has 6 heteroatoms. The molecule has 19 heavy (non-hydrogen) atoms. The molecule has 5 nitrogen and oxygen atoms in total. The number of benzene rings is 1. The standard InChI is InChI=1S/C13H14BrNO4/c1-19-13(18)7-6-12(17)15-8-11(16)9-2-4-10(14)5-3-9/h2-5H,6-8H2,1H3,(H,15,17). The molecule has 1 aromatic carbocycles. The summed E-state index contributed by atoms with van der Waals surface area (Å²) in [5.41, 5.74) is 0.525. The van der Waals surface area contributed by atoms with Crippen LogP contribution in [0.3, 0.4) is 0 Å². The van der Waals surface area contributed by atoms with Gasteiger partial charge in [0, 0.05) is 16.5 Å². The van der Waals surface area contributed by atoms with Crippen LogP contribution in [0.1, 0.15) is 23.2 Å². The number of hydrogen-bond donors (Lipinski definition) is 1. The van der Waals surface area contributed by atoms with Crippen molar-refractivity contribution in [2.75, 3.05) is 13.7 Å². The van der Waals surface area contributed by atoms with Crippen LogP contribution in [0.5, 0.6) is 0 Å². The minimum Gasteiger partial charge on any atom is -0.469 e. The molecular formula is C13H14BrNO4. The van der Waals surface area contributed by atoms with Crippen molar-refractivity contribution in [1.82, 2.24) is 5.32 Å². The fourth-order valence-corrected chi connectivity index (χ4v) is 1.59. The minimum atomic E-state index is -0.450. The zero-order valence-corrected chi connectivity index (χ0v) is 12.0. The minimum absolute atomic E-state index is 0.00874. The van der Waals surface area contributed by atoms with Crippen molar-refractivity contribution in [3.05, 3.63) is 34.3 Å². The predicted molar refractivity (Wildman–Crippen MR) is 72.7 cm³/mol. The van der Waals surface area contributed by atoms with Gasteiger partial charge < -0.3 is 10.1 Å². The van der Waals surface area contributed by atoms with Crippen LogP contribution in [0.15, 0.2) is 28.7 Å². The first-order chi connectivity index (χ1) is 9.02. The molecule has 1 aromatic rings. The number of nitrogens with one attached hydrogen (secondary N) is 1. The summed E-state index contributed by atoms with van der Waals surface area (Å²) in [7, 11) is 1.26. The van der Waals surface area contributed by atoms with Gasteiger partial charge in [-0.2, -0.15) is 0 Å². The zero-order chi connectivity index (χ0) is 14.3. The summed E-state index contributed by atoms with van der Waals surface area (Å²) >= 11 is 3.27. The molecule has 0 aromatic heterocycles. The quantitative estimate of drug-likeness (QED) is 0.637. The van der Waals surface area contributed by atoms with E-state index in [9.17, 15) is 14.4 Å². The van der Waals surface area contributed by atoms with Crippen molar-refractivity contribution in [2.24, 2.45) is 0 Å². The molecule has 0 fully saturated rings. The monoisotopic (exact) mass is 327 g/mol. The molecule has 0 atom stereocenters. The Morgan fingerprint density at radius 1 is 1.16 bits per heavy atom. The average molecular weight is 328 g/mol. The van der Waals surface area contributed by atoms with E-state index < -0.39 is 5.97 Å². The highest BCUT2D eigenvalue weighted by atomic mass is 79.9. The van der Waals surface area contributed by atoms with Gasteiger partial charge in [0.15, 0.2) is 5.78 Å². The van der Waals surface area contributed by atoms with Gasteiger partial charge in [-0.15, -0.1) is 0 Å². The second-order valence-corrected chi connectivity index (χ2v) is 4.70. The first-order valence-corrected chi connectivity index (χ1v) is 6.44. The van der Waals surface area contributed by atoms with E-state index in [2.05, 4.69) is 26.0 Å². The van der Waals surface area contributed by atoms with E-state index >= 15 is 0 Å². The molecule has 1 N–H and O–H groups in total. The third-order valence-corrected chi connectivity index (χ3v) is 2.92. The summed E-state index contributed by atoms with van der Waals surface area (Å²) in [5, 5.41) is 2.47.